The van der Waals surface area contributed by atoms with Gasteiger partial charge < -0.3 is 14.6 Å². The third-order valence-corrected chi connectivity index (χ3v) is 5.25. The lowest BCUT2D eigenvalue weighted by Gasteiger charge is -2.53. The number of hydrogen-bond acceptors (Lipinski definition) is 4. The Morgan fingerprint density at radius 3 is 2.57 bits per heavy atom. The summed E-state index contributed by atoms with van der Waals surface area (Å²) in [6, 6.07) is 8.68. The second kappa shape index (κ2) is 9.71. The van der Waals surface area contributed by atoms with Gasteiger partial charge in [0.15, 0.2) is 0 Å². The number of likely N-dealkylation sites (tertiary alicyclic amines) is 1. The number of carboxylic acid groups (broad SMARTS) is 1. The molecule has 1 unspecified atom stereocenters. The van der Waals surface area contributed by atoms with Crippen molar-refractivity contribution in [1.82, 2.24) is 4.90 Å². The van der Waals surface area contributed by atoms with E-state index in [1.807, 2.05) is 0 Å². The summed E-state index contributed by atoms with van der Waals surface area (Å²) in [5.41, 5.74) is 2.97. The molecule has 1 spiro atoms. The highest BCUT2D eigenvalue weighted by molar-refractivity contribution is 5.73. The SMILES string of the molecule is COCCC1CCOC2(C1)CN(Cc1ccccc1C)C2.O=C(O)C(F)(F)F. The van der Waals surface area contributed by atoms with Crippen molar-refractivity contribution in [3.8, 4) is 0 Å². The van der Waals surface area contributed by atoms with Gasteiger partial charge in [0.05, 0.1) is 5.60 Å². The molecule has 0 saturated carbocycles. The molecule has 1 atom stereocenters. The lowest BCUT2D eigenvalue weighted by atomic mass is 9.79. The molecule has 3 rings (SSSR count). The normalized spacial score (nSPS) is 21.5. The Kier molecular flexibility index (Phi) is 7.86. The van der Waals surface area contributed by atoms with E-state index >= 15 is 0 Å². The molecule has 2 fully saturated rings. The Morgan fingerprint density at radius 2 is 2.00 bits per heavy atom. The molecule has 1 aromatic carbocycles. The molecule has 28 heavy (non-hydrogen) atoms. The van der Waals surface area contributed by atoms with Crippen molar-refractivity contribution in [3.05, 3.63) is 35.4 Å². The molecule has 2 heterocycles. The minimum Gasteiger partial charge on any atom is -0.475 e. The lowest BCUT2D eigenvalue weighted by molar-refractivity contribution is -0.192. The number of ether oxygens (including phenoxy) is 2. The first kappa shape index (κ1) is 22.6. The summed E-state index contributed by atoms with van der Waals surface area (Å²) in [5, 5.41) is 7.12. The zero-order valence-corrected chi connectivity index (χ0v) is 16.3. The van der Waals surface area contributed by atoms with Crippen molar-refractivity contribution in [1.29, 1.82) is 0 Å². The minimum absolute atomic E-state index is 0.138. The fourth-order valence-electron chi connectivity index (χ4n) is 3.79. The topological polar surface area (TPSA) is 59.0 Å². The quantitative estimate of drug-likeness (QED) is 0.813. The molecule has 0 aliphatic carbocycles. The van der Waals surface area contributed by atoms with Gasteiger partial charge in [-0.05, 0) is 43.2 Å². The average molecular weight is 403 g/mol. The van der Waals surface area contributed by atoms with Gasteiger partial charge in [0.25, 0.3) is 0 Å². The Hall–Kier alpha value is -1.64. The minimum atomic E-state index is -5.08. The van der Waals surface area contributed by atoms with E-state index in [1.54, 1.807) is 7.11 Å². The molecular weight excluding hydrogens is 375 g/mol. The van der Waals surface area contributed by atoms with Crippen LogP contribution in [-0.4, -0.2) is 61.2 Å². The molecule has 1 aromatic rings. The van der Waals surface area contributed by atoms with Gasteiger partial charge in [-0.15, -0.1) is 0 Å². The summed E-state index contributed by atoms with van der Waals surface area (Å²) >= 11 is 0. The van der Waals surface area contributed by atoms with Crippen LogP contribution in [0.1, 0.15) is 30.4 Å². The zero-order chi connectivity index (χ0) is 20.8. The summed E-state index contributed by atoms with van der Waals surface area (Å²) in [5.74, 6) is -1.98. The number of carboxylic acids is 1. The molecule has 0 bridgehead atoms. The van der Waals surface area contributed by atoms with Crippen LogP contribution in [0, 0.1) is 12.8 Å². The molecule has 1 N–H and O–H groups in total. The van der Waals surface area contributed by atoms with E-state index in [1.165, 1.54) is 30.4 Å². The standard InChI is InChI=1S/C18H27NO2.C2HF3O2/c1-15-5-3-4-6-17(15)12-19-13-18(14-19)11-16(7-9-20-2)8-10-21-18;3-2(4,5)1(6)7/h3-6,16H,7-14H2,1-2H3;(H,6,7). The van der Waals surface area contributed by atoms with Gasteiger partial charge in [0.1, 0.15) is 0 Å². The summed E-state index contributed by atoms with van der Waals surface area (Å²) in [6.07, 6.45) is -1.50. The lowest BCUT2D eigenvalue weighted by Crippen LogP contribution is -2.64. The number of benzene rings is 1. The van der Waals surface area contributed by atoms with Crippen LogP contribution in [0.15, 0.2) is 24.3 Å². The van der Waals surface area contributed by atoms with E-state index in [9.17, 15) is 13.2 Å². The summed E-state index contributed by atoms with van der Waals surface area (Å²) < 4.78 is 43.1. The predicted octanol–water partition coefficient (Wildman–Crippen LogP) is 3.65. The van der Waals surface area contributed by atoms with Crippen LogP contribution in [0.3, 0.4) is 0 Å². The molecule has 2 aliphatic rings. The first-order valence-corrected chi connectivity index (χ1v) is 9.35. The third-order valence-electron chi connectivity index (χ3n) is 5.25. The maximum absolute atomic E-state index is 10.6. The van der Waals surface area contributed by atoms with E-state index in [0.717, 1.165) is 38.8 Å². The Morgan fingerprint density at radius 1 is 1.36 bits per heavy atom. The first-order valence-electron chi connectivity index (χ1n) is 9.35. The second-order valence-corrected chi connectivity index (χ2v) is 7.55. The summed E-state index contributed by atoms with van der Waals surface area (Å²) in [4.78, 5) is 11.4. The van der Waals surface area contributed by atoms with Crippen molar-refractivity contribution >= 4 is 5.97 Å². The monoisotopic (exact) mass is 403 g/mol. The summed E-state index contributed by atoms with van der Waals surface area (Å²) in [7, 11) is 1.79. The van der Waals surface area contributed by atoms with Crippen LogP contribution in [0.2, 0.25) is 0 Å². The van der Waals surface area contributed by atoms with Gasteiger partial charge in [-0.2, -0.15) is 13.2 Å². The van der Waals surface area contributed by atoms with E-state index in [2.05, 4.69) is 36.1 Å². The molecule has 2 saturated heterocycles. The molecule has 0 amide bonds. The van der Waals surface area contributed by atoms with Crippen LogP contribution in [0.4, 0.5) is 13.2 Å². The largest absolute Gasteiger partial charge is 0.490 e. The van der Waals surface area contributed by atoms with Crippen molar-refractivity contribution in [2.45, 2.75) is 44.5 Å². The number of nitrogens with zero attached hydrogens (tertiary/aromatic N) is 1. The molecular formula is C20H28F3NO4. The number of halogens is 3. The number of rotatable bonds is 5. The van der Waals surface area contributed by atoms with Gasteiger partial charge >= 0.3 is 12.1 Å². The predicted molar refractivity (Wildman–Crippen MR) is 98.0 cm³/mol. The van der Waals surface area contributed by atoms with Gasteiger partial charge in [-0.1, -0.05) is 24.3 Å². The van der Waals surface area contributed by atoms with E-state index in [-0.39, 0.29) is 5.60 Å². The zero-order valence-electron chi connectivity index (χ0n) is 16.3. The molecule has 5 nitrogen and oxygen atoms in total. The third kappa shape index (κ3) is 6.46. The van der Waals surface area contributed by atoms with Gasteiger partial charge in [-0.3, -0.25) is 4.90 Å². The highest BCUT2D eigenvalue weighted by atomic mass is 19.4. The fraction of sp³-hybridized carbons (Fsp3) is 0.650. The highest BCUT2D eigenvalue weighted by Gasteiger charge is 2.47. The van der Waals surface area contributed by atoms with Crippen LogP contribution < -0.4 is 0 Å². The number of aryl methyl sites for hydroxylation is 1. The van der Waals surface area contributed by atoms with Crippen molar-refractivity contribution in [2.24, 2.45) is 5.92 Å². The fourth-order valence-corrected chi connectivity index (χ4v) is 3.79. The molecule has 0 radical (unpaired) electrons. The van der Waals surface area contributed by atoms with Crippen LogP contribution in [0.5, 0.6) is 0 Å². The Bertz CT molecular complexity index is 645. The molecule has 8 heteroatoms. The first-order chi connectivity index (χ1) is 13.1. The summed E-state index contributed by atoms with van der Waals surface area (Å²) in [6.45, 7) is 7.24. The molecule has 0 aromatic heterocycles. The van der Waals surface area contributed by atoms with Gasteiger partial charge in [0.2, 0.25) is 0 Å². The van der Waals surface area contributed by atoms with Crippen molar-refractivity contribution in [3.63, 3.8) is 0 Å². The van der Waals surface area contributed by atoms with E-state index < -0.39 is 12.1 Å². The average Bonchev–Trinajstić information content (AvgIpc) is 2.60. The molecule has 158 valence electrons. The Balaban J connectivity index is 0.000000345. The number of carbonyl (C=O) groups is 1. The second-order valence-electron chi connectivity index (χ2n) is 7.55. The number of aliphatic carboxylic acids is 1. The maximum atomic E-state index is 10.6. The van der Waals surface area contributed by atoms with Crippen LogP contribution in [-0.2, 0) is 20.8 Å². The number of methoxy groups -OCH3 is 1. The van der Waals surface area contributed by atoms with Gasteiger partial charge in [0, 0.05) is 40.0 Å². The smallest absolute Gasteiger partial charge is 0.475 e. The van der Waals surface area contributed by atoms with Crippen LogP contribution in [0.25, 0.3) is 0 Å². The van der Waals surface area contributed by atoms with E-state index in [0.29, 0.717) is 0 Å². The highest BCUT2D eigenvalue weighted by Crippen LogP contribution is 2.38. The van der Waals surface area contributed by atoms with E-state index in [4.69, 9.17) is 19.4 Å². The molecule has 2 aliphatic heterocycles. The Labute approximate surface area is 163 Å². The van der Waals surface area contributed by atoms with Crippen molar-refractivity contribution < 1.29 is 32.5 Å². The number of alkyl halides is 3. The van der Waals surface area contributed by atoms with Crippen LogP contribution >= 0.6 is 0 Å². The number of hydrogen-bond donors (Lipinski definition) is 1. The van der Waals surface area contributed by atoms with Gasteiger partial charge in [-0.25, -0.2) is 4.79 Å². The van der Waals surface area contributed by atoms with Crippen molar-refractivity contribution in [2.75, 3.05) is 33.4 Å². The maximum Gasteiger partial charge on any atom is 0.490 e.